The van der Waals surface area contributed by atoms with Crippen molar-refractivity contribution in [1.82, 2.24) is 0 Å². The number of fused-ring (bicyclic) bond motifs is 2. The van der Waals surface area contributed by atoms with Gasteiger partial charge in [0.2, 0.25) is 0 Å². The van der Waals surface area contributed by atoms with Gasteiger partial charge in [-0.15, -0.1) is 0 Å². The first-order valence-electron chi connectivity index (χ1n) is 13.4. The van der Waals surface area contributed by atoms with Crippen molar-refractivity contribution in [3.05, 3.63) is 133 Å². The Kier molecular flexibility index (Phi) is 4.36. The van der Waals surface area contributed by atoms with Gasteiger partial charge in [0, 0.05) is 15.2 Å². The highest BCUT2D eigenvalue weighted by Gasteiger charge is 2.20. The predicted molar refractivity (Wildman–Crippen MR) is 168 cm³/mol. The molecule has 0 fully saturated rings. The van der Waals surface area contributed by atoms with E-state index < -0.39 is 0 Å². The van der Waals surface area contributed by atoms with Crippen LogP contribution in [0.25, 0.3) is 76.5 Å². The van der Waals surface area contributed by atoms with Gasteiger partial charge in [0.05, 0.1) is 0 Å². The highest BCUT2D eigenvalue weighted by Crippen LogP contribution is 2.49. The molecule has 0 N–H and O–H groups in total. The summed E-state index contributed by atoms with van der Waals surface area (Å²) in [7, 11) is 0. The second-order valence-electron chi connectivity index (χ2n) is 10.5. The summed E-state index contributed by atoms with van der Waals surface area (Å²) in [6.45, 7) is 0. The monoisotopic (exact) mass is 510 g/mol. The Balaban J connectivity index is 1.27. The maximum absolute atomic E-state index is 2.40. The van der Waals surface area contributed by atoms with Gasteiger partial charge in [-0.3, -0.25) is 0 Å². The molecule has 0 atom stereocenters. The average molecular weight is 511 g/mol. The summed E-state index contributed by atoms with van der Waals surface area (Å²) < 4.78 is 0. The standard InChI is InChI=1S/C38H22S/c1-2-12-34-31(11-1)33-22-29(21-28-10-5-13-35(39-34)37(28)33)26-8-4-9-27(20-26)30-18-16-25-15-14-23-6-3-7-24-17-19-32(30)38(25)36(23)24/h1-22H. The molecule has 8 aromatic rings. The lowest BCUT2D eigenvalue weighted by Gasteiger charge is -2.21. The summed E-state index contributed by atoms with van der Waals surface area (Å²) in [6.07, 6.45) is 0. The fourth-order valence-electron chi connectivity index (χ4n) is 6.61. The highest BCUT2D eigenvalue weighted by atomic mass is 32.2. The largest absolute Gasteiger partial charge is 0.0888 e. The van der Waals surface area contributed by atoms with Crippen LogP contribution >= 0.6 is 11.8 Å². The highest BCUT2D eigenvalue weighted by molar-refractivity contribution is 7.99. The Labute approximate surface area is 230 Å². The van der Waals surface area contributed by atoms with Crippen LogP contribution in [0.4, 0.5) is 0 Å². The van der Waals surface area contributed by atoms with Crippen molar-refractivity contribution in [1.29, 1.82) is 0 Å². The normalized spacial score (nSPS) is 12.5. The van der Waals surface area contributed by atoms with Crippen LogP contribution in [-0.2, 0) is 0 Å². The second kappa shape index (κ2) is 7.96. The van der Waals surface area contributed by atoms with Crippen molar-refractivity contribution in [3.8, 4) is 33.4 Å². The Morgan fingerprint density at radius 2 is 1.03 bits per heavy atom. The van der Waals surface area contributed by atoms with Crippen LogP contribution in [0.15, 0.2) is 143 Å². The topological polar surface area (TPSA) is 0 Å². The number of hydrogen-bond acceptors (Lipinski definition) is 1. The van der Waals surface area contributed by atoms with Gasteiger partial charge in [-0.05, 0) is 101 Å². The maximum Gasteiger partial charge on any atom is 0.0207 e. The van der Waals surface area contributed by atoms with E-state index in [-0.39, 0.29) is 0 Å². The fraction of sp³-hybridized carbons (Fsp3) is 0. The van der Waals surface area contributed by atoms with Crippen molar-refractivity contribution in [2.24, 2.45) is 0 Å². The van der Waals surface area contributed by atoms with Gasteiger partial charge in [0.1, 0.15) is 0 Å². The average Bonchev–Trinajstić information content (AvgIpc) is 3.00. The van der Waals surface area contributed by atoms with Gasteiger partial charge in [0.15, 0.2) is 0 Å². The third-order valence-electron chi connectivity index (χ3n) is 8.37. The summed E-state index contributed by atoms with van der Waals surface area (Å²) in [5.74, 6) is 0. The lowest BCUT2D eigenvalue weighted by Crippen LogP contribution is -1.94. The van der Waals surface area contributed by atoms with Gasteiger partial charge < -0.3 is 0 Å². The molecule has 0 aliphatic carbocycles. The summed E-state index contributed by atoms with van der Waals surface area (Å²) in [6, 6.07) is 49.6. The number of benzene rings is 8. The zero-order valence-corrected chi connectivity index (χ0v) is 21.9. The molecule has 39 heavy (non-hydrogen) atoms. The van der Waals surface area contributed by atoms with Gasteiger partial charge in [0.25, 0.3) is 0 Å². The van der Waals surface area contributed by atoms with Crippen LogP contribution in [0.1, 0.15) is 0 Å². The van der Waals surface area contributed by atoms with Crippen LogP contribution in [0.5, 0.6) is 0 Å². The zero-order chi connectivity index (χ0) is 25.5. The molecule has 8 aromatic carbocycles. The van der Waals surface area contributed by atoms with E-state index in [0.29, 0.717) is 0 Å². The molecule has 1 aliphatic heterocycles. The molecule has 1 aliphatic rings. The molecule has 0 saturated heterocycles. The number of hydrogen-bond donors (Lipinski definition) is 0. The quantitative estimate of drug-likeness (QED) is 0.208. The van der Waals surface area contributed by atoms with E-state index in [1.54, 1.807) is 0 Å². The van der Waals surface area contributed by atoms with E-state index in [9.17, 15) is 0 Å². The fourth-order valence-corrected chi connectivity index (χ4v) is 7.76. The van der Waals surface area contributed by atoms with Crippen LogP contribution in [0, 0.1) is 0 Å². The Hall–Kier alpha value is -4.59. The predicted octanol–water partition coefficient (Wildman–Crippen LogP) is 11.2. The van der Waals surface area contributed by atoms with Gasteiger partial charge in [-0.1, -0.05) is 115 Å². The molecule has 1 heterocycles. The van der Waals surface area contributed by atoms with Crippen LogP contribution in [0.3, 0.4) is 0 Å². The third-order valence-corrected chi connectivity index (χ3v) is 9.51. The lowest BCUT2D eigenvalue weighted by molar-refractivity contribution is 1.40. The van der Waals surface area contributed by atoms with E-state index in [4.69, 9.17) is 0 Å². The molecule has 0 unspecified atom stereocenters. The molecule has 0 amide bonds. The molecule has 0 aromatic heterocycles. The Morgan fingerprint density at radius 3 is 1.95 bits per heavy atom. The van der Waals surface area contributed by atoms with Crippen molar-refractivity contribution in [3.63, 3.8) is 0 Å². The van der Waals surface area contributed by atoms with Crippen molar-refractivity contribution in [2.75, 3.05) is 0 Å². The van der Waals surface area contributed by atoms with Gasteiger partial charge >= 0.3 is 0 Å². The smallest absolute Gasteiger partial charge is 0.0207 e. The minimum Gasteiger partial charge on any atom is -0.0888 e. The molecule has 180 valence electrons. The zero-order valence-electron chi connectivity index (χ0n) is 21.1. The van der Waals surface area contributed by atoms with Gasteiger partial charge in [-0.2, -0.15) is 0 Å². The van der Waals surface area contributed by atoms with Gasteiger partial charge in [-0.25, -0.2) is 0 Å². The first kappa shape index (κ1) is 21.4. The Morgan fingerprint density at radius 1 is 0.333 bits per heavy atom. The van der Waals surface area contributed by atoms with E-state index in [2.05, 4.69) is 133 Å². The molecule has 9 rings (SSSR count). The second-order valence-corrected chi connectivity index (χ2v) is 11.6. The van der Waals surface area contributed by atoms with Crippen LogP contribution in [0.2, 0.25) is 0 Å². The minimum absolute atomic E-state index is 1.25. The molecule has 0 saturated carbocycles. The molecular weight excluding hydrogens is 488 g/mol. The Bertz CT molecular complexity index is 2240. The van der Waals surface area contributed by atoms with E-state index >= 15 is 0 Å². The van der Waals surface area contributed by atoms with Crippen molar-refractivity contribution in [2.45, 2.75) is 9.79 Å². The first-order chi connectivity index (χ1) is 19.3. The maximum atomic E-state index is 2.40. The lowest BCUT2D eigenvalue weighted by atomic mass is 9.88. The summed E-state index contributed by atoms with van der Waals surface area (Å²) in [4.78, 5) is 2.67. The van der Waals surface area contributed by atoms with Crippen molar-refractivity contribution < 1.29 is 0 Å². The third kappa shape index (κ3) is 3.08. The van der Waals surface area contributed by atoms with E-state index in [1.807, 2.05) is 11.8 Å². The number of rotatable bonds is 2. The summed E-state index contributed by atoms with van der Waals surface area (Å²) in [5.41, 5.74) is 7.71. The molecule has 1 heteroatoms. The van der Waals surface area contributed by atoms with Crippen molar-refractivity contribution >= 4 is 54.9 Å². The molecule has 0 bridgehead atoms. The minimum atomic E-state index is 1.25. The summed E-state index contributed by atoms with van der Waals surface area (Å²) in [5, 5.41) is 10.6. The first-order valence-corrected chi connectivity index (χ1v) is 14.2. The molecule has 0 radical (unpaired) electrons. The van der Waals surface area contributed by atoms with Crippen LogP contribution < -0.4 is 0 Å². The molecular formula is C38H22S. The van der Waals surface area contributed by atoms with Crippen LogP contribution in [-0.4, -0.2) is 0 Å². The summed E-state index contributed by atoms with van der Waals surface area (Å²) >= 11 is 1.88. The SMILES string of the molecule is c1cc(-c2cc3c4c(cccc4c2)Sc2ccccc2-3)cc(-c2ccc3ccc4cccc5ccc2c3c45)c1. The van der Waals surface area contributed by atoms with E-state index in [0.717, 1.165) is 0 Å². The molecule has 0 nitrogen and oxygen atoms in total. The molecule has 0 spiro atoms. The van der Waals surface area contributed by atoms with E-state index in [1.165, 1.54) is 86.3 Å².